The van der Waals surface area contributed by atoms with Gasteiger partial charge in [-0.05, 0) is 41.8 Å². The van der Waals surface area contributed by atoms with Crippen molar-refractivity contribution in [3.05, 3.63) is 59.9 Å². The molecule has 0 radical (unpaired) electrons. The van der Waals surface area contributed by atoms with Crippen molar-refractivity contribution < 1.29 is 17.9 Å². The predicted octanol–water partition coefficient (Wildman–Crippen LogP) is 3.15. The van der Waals surface area contributed by atoms with Crippen molar-refractivity contribution in [2.75, 3.05) is 14.2 Å². The molecule has 0 amide bonds. The molecule has 0 bridgehead atoms. The van der Waals surface area contributed by atoms with Crippen LogP contribution in [0.25, 0.3) is 0 Å². The quantitative estimate of drug-likeness (QED) is 0.708. The van der Waals surface area contributed by atoms with Gasteiger partial charge in [-0.2, -0.15) is 4.31 Å². The number of benzene rings is 1. The van der Waals surface area contributed by atoms with Gasteiger partial charge in [-0.1, -0.05) is 26.8 Å². The van der Waals surface area contributed by atoms with Crippen LogP contribution in [0.2, 0.25) is 0 Å². The van der Waals surface area contributed by atoms with E-state index in [0.717, 1.165) is 5.69 Å². The summed E-state index contributed by atoms with van der Waals surface area (Å²) >= 11 is 0. The summed E-state index contributed by atoms with van der Waals surface area (Å²) in [5, 5.41) is 0. The van der Waals surface area contributed by atoms with Crippen molar-refractivity contribution in [2.24, 2.45) is 5.41 Å². The maximum Gasteiger partial charge on any atom is 0.337 e. The number of carbonyl (C=O) groups is 1. The van der Waals surface area contributed by atoms with Crippen LogP contribution in [0.15, 0.2) is 53.6 Å². The van der Waals surface area contributed by atoms with E-state index in [9.17, 15) is 13.2 Å². The number of esters is 1. The van der Waals surface area contributed by atoms with Crippen molar-refractivity contribution in [2.45, 2.75) is 38.1 Å². The van der Waals surface area contributed by atoms with Crippen LogP contribution in [0.1, 0.15) is 36.8 Å². The third kappa shape index (κ3) is 4.93. The molecule has 27 heavy (non-hydrogen) atoms. The molecule has 1 heterocycles. The Hall–Kier alpha value is -2.25. The summed E-state index contributed by atoms with van der Waals surface area (Å²) in [5.74, 6) is -0.505. The lowest BCUT2D eigenvalue weighted by molar-refractivity contribution is 0.0600. The van der Waals surface area contributed by atoms with Gasteiger partial charge in [-0.15, -0.1) is 0 Å². The lowest BCUT2D eigenvalue weighted by Crippen LogP contribution is -2.46. The molecule has 0 saturated carbocycles. The average Bonchev–Trinajstić information content (AvgIpc) is 2.65. The number of likely N-dealkylation sites (N-methyl/N-ethyl adjacent to an activating group) is 1. The fourth-order valence-corrected chi connectivity index (χ4v) is 4.45. The molecular formula is C20H26N2O4S. The summed E-state index contributed by atoms with van der Waals surface area (Å²) < 4.78 is 32.4. The monoisotopic (exact) mass is 390 g/mol. The molecule has 0 aliphatic heterocycles. The number of sulfonamides is 1. The van der Waals surface area contributed by atoms with Crippen molar-refractivity contribution in [1.29, 1.82) is 0 Å². The van der Waals surface area contributed by atoms with Crippen LogP contribution in [0, 0.1) is 5.41 Å². The number of hydrogen-bond acceptors (Lipinski definition) is 5. The molecule has 2 aromatic rings. The minimum atomic E-state index is -3.74. The van der Waals surface area contributed by atoms with Gasteiger partial charge in [-0.3, -0.25) is 4.98 Å². The van der Waals surface area contributed by atoms with Gasteiger partial charge in [-0.25, -0.2) is 13.2 Å². The molecule has 0 spiro atoms. The number of pyridine rings is 1. The van der Waals surface area contributed by atoms with E-state index < -0.39 is 16.0 Å². The van der Waals surface area contributed by atoms with Gasteiger partial charge in [0.2, 0.25) is 10.0 Å². The first-order chi connectivity index (χ1) is 12.6. The first-order valence-corrected chi connectivity index (χ1v) is 10.1. The van der Waals surface area contributed by atoms with Crippen LogP contribution in [-0.4, -0.2) is 43.9 Å². The second kappa shape index (κ2) is 8.19. The number of methoxy groups -OCH3 is 1. The number of hydrogen-bond donors (Lipinski definition) is 0. The number of nitrogens with zero attached hydrogens (tertiary/aromatic N) is 2. The number of aromatic nitrogens is 1. The molecule has 0 saturated heterocycles. The molecule has 0 aliphatic rings. The molecule has 1 atom stereocenters. The molecule has 0 unspecified atom stereocenters. The van der Waals surface area contributed by atoms with Gasteiger partial charge >= 0.3 is 5.97 Å². The Kier molecular flexibility index (Phi) is 6.38. The number of rotatable bonds is 6. The Morgan fingerprint density at radius 2 is 1.78 bits per heavy atom. The fourth-order valence-electron chi connectivity index (χ4n) is 2.91. The summed E-state index contributed by atoms with van der Waals surface area (Å²) in [4.78, 5) is 16.0. The largest absolute Gasteiger partial charge is 0.465 e. The van der Waals surface area contributed by atoms with E-state index >= 15 is 0 Å². The summed E-state index contributed by atoms with van der Waals surface area (Å²) in [6, 6.07) is 11.1. The zero-order valence-electron chi connectivity index (χ0n) is 16.3. The van der Waals surface area contributed by atoms with E-state index in [4.69, 9.17) is 0 Å². The summed E-state index contributed by atoms with van der Waals surface area (Å²) in [5.41, 5.74) is 0.839. The minimum absolute atomic E-state index is 0.132. The second-order valence-corrected chi connectivity index (χ2v) is 9.44. The number of ether oxygens (including phenoxy) is 1. The van der Waals surface area contributed by atoms with Crippen molar-refractivity contribution in [3.63, 3.8) is 0 Å². The first-order valence-electron chi connectivity index (χ1n) is 8.63. The molecule has 6 nitrogen and oxygen atoms in total. The molecule has 0 N–H and O–H groups in total. The van der Waals surface area contributed by atoms with Crippen LogP contribution >= 0.6 is 0 Å². The van der Waals surface area contributed by atoms with Gasteiger partial charge < -0.3 is 4.74 Å². The highest BCUT2D eigenvalue weighted by molar-refractivity contribution is 7.89. The lowest BCUT2D eigenvalue weighted by Gasteiger charge is -2.37. The Labute approximate surface area is 161 Å². The zero-order valence-corrected chi connectivity index (χ0v) is 17.2. The summed E-state index contributed by atoms with van der Waals surface area (Å²) in [6.07, 6.45) is 2.20. The van der Waals surface area contributed by atoms with Gasteiger partial charge in [0.05, 0.1) is 17.6 Å². The van der Waals surface area contributed by atoms with E-state index in [1.54, 1.807) is 13.2 Å². The zero-order chi connectivity index (χ0) is 20.2. The highest BCUT2D eigenvalue weighted by Gasteiger charge is 2.36. The Balaban J connectivity index is 2.35. The average molecular weight is 391 g/mol. The first kappa shape index (κ1) is 21.1. The molecular weight excluding hydrogens is 364 g/mol. The van der Waals surface area contributed by atoms with Gasteiger partial charge in [0.25, 0.3) is 0 Å². The Bertz CT molecular complexity index is 872. The molecule has 1 aromatic carbocycles. The van der Waals surface area contributed by atoms with Crippen LogP contribution in [0.4, 0.5) is 0 Å². The molecule has 146 valence electrons. The highest BCUT2D eigenvalue weighted by Crippen LogP contribution is 2.30. The molecule has 2 rings (SSSR count). The molecule has 0 aliphatic carbocycles. The van der Waals surface area contributed by atoms with Crippen molar-refractivity contribution >= 4 is 16.0 Å². The van der Waals surface area contributed by atoms with E-state index in [0.29, 0.717) is 12.0 Å². The smallest absolute Gasteiger partial charge is 0.337 e. The fraction of sp³-hybridized carbons (Fsp3) is 0.400. The van der Waals surface area contributed by atoms with Crippen LogP contribution in [-0.2, 0) is 21.2 Å². The van der Waals surface area contributed by atoms with E-state index in [1.165, 1.54) is 35.7 Å². The maximum absolute atomic E-state index is 13.2. The topological polar surface area (TPSA) is 76.6 Å². The second-order valence-electron chi connectivity index (χ2n) is 7.44. The van der Waals surface area contributed by atoms with Gasteiger partial charge in [0.1, 0.15) is 0 Å². The lowest BCUT2D eigenvalue weighted by atomic mass is 9.84. The third-order valence-electron chi connectivity index (χ3n) is 4.52. The van der Waals surface area contributed by atoms with E-state index in [2.05, 4.69) is 9.72 Å². The summed E-state index contributed by atoms with van der Waals surface area (Å²) in [7, 11) is -0.867. The van der Waals surface area contributed by atoms with Gasteiger partial charge in [0, 0.05) is 31.4 Å². The third-order valence-corrected chi connectivity index (χ3v) is 6.40. The molecule has 1 aromatic heterocycles. The van der Waals surface area contributed by atoms with Crippen molar-refractivity contribution in [3.8, 4) is 0 Å². The normalized spacial score (nSPS) is 13.4. The van der Waals surface area contributed by atoms with Crippen LogP contribution in [0.3, 0.4) is 0 Å². The van der Waals surface area contributed by atoms with E-state index in [-0.39, 0.29) is 16.4 Å². The Morgan fingerprint density at radius 3 is 2.26 bits per heavy atom. The standard InChI is InChI=1S/C20H26N2O4S/c1-20(2,3)18(14-16-8-6-7-13-21-16)22(4)27(24,25)17-11-9-15(10-12-17)19(23)26-5/h6-13,18H,14H2,1-5H3/t18-/m1/s1. The molecule has 0 fully saturated rings. The predicted molar refractivity (Wildman–Crippen MR) is 104 cm³/mol. The minimum Gasteiger partial charge on any atom is -0.465 e. The maximum atomic E-state index is 13.2. The summed E-state index contributed by atoms with van der Waals surface area (Å²) in [6.45, 7) is 6.02. The Morgan fingerprint density at radius 1 is 1.15 bits per heavy atom. The molecule has 7 heteroatoms. The highest BCUT2D eigenvalue weighted by atomic mass is 32.2. The van der Waals surface area contributed by atoms with Crippen molar-refractivity contribution in [1.82, 2.24) is 9.29 Å². The number of carbonyl (C=O) groups excluding carboxylic acids is 1. The van der Waals surface area contributed by atoms with Crippen LogP contribution in [0.5, 0.6) is 0 Å². The van der Waals surface area contributed by atoms with E-state index in [1.807, 2.05) is 39.0 Å². The SMILES string of the molecule is COC(=O)c1ccc(S(=O)(=O)N(C)[C@H](Cc2ccccn2)C(C)(C)C)cc1. The van der Waals surface area contributed by atoms with Crippen LogP contribution < -0.4 is 0 Å². The van der Waals surface area contributed by atoms with Gasteiger partial charge in [0.15, 0.2) is 0 Å².